The monoisotopic (exact) mass is 359 g/mol. The van der Waals surface area contributed by atoms with Crippen molar-refractivity contribution in [1.82, 2.24) is 4.90 Å². The third kappa shape index (κ3) is 4.07. The van der Waals surface area contributed by atoms with Crippen molar-refractivity contribution in [1.29, 1.82) is 0 Å². The van der Waals surface area contributed by atoms with Gasteiger partial charge in [-0.1, -0.05) is 0 Å². The molecule has 24 heavy (non-hydrogen) atoms. The van der Waals surface area contributed by atoms with Gasteiger partial charge in [0.25, 0.3) is 11.6 Å². The average molecular weight is 360 g/mol. The minimum atomic E-state index is -0.581. The zero-order valence-corrected chi connectivity index (χ0v) is 14.5. The number of nitro benzene ring substituents is 1. The number of nitro groups is 1. The van der Waals surface area contributed by atoms with Crippen LogP contribution < -0.4 is 15.2 Å². The molecule has 2 rings (SSSR count). The fraction of sp³-hybridized carbons (Fsp3) is 0.533. The summed E-state index contributed by atoms with van der Waals surface area (Å²) < 4.78 is 10.5. The Morgan fingerprint density at radius 2 is 2.17 bits per heavy atom. The van der Waals surface area contributed by atoms with E-state index in [0.717, 1.165) is 6.42 Å². The molecule has 134 valence electrons. The van der Waals surface area contributed by atoms with Crippen LogP contribution in [0.2, 0.25) is 0 Å². The molecule has 1 atom stereocenters. The Balaban J connectivity index is 0.00000288. The summed E-state index contributed by atoms with van der Waals surface area (Å²) >= 11 is 0. The van der Waals surface area contributed by atoms with E-state index < -0.39 is 4.92 Å². The molecule has 0 radical (unpaired) electrons. The van der Waals surface area contributed by atoms with Gasteiger partial charge in [0.1, 0.15) is 5.56 Å². The first kappa shape index (κ1) is 20.0. The van der Waals surface area contributed by atoms with Crippen LogP contribution in [0.3, 0.4) is 0 Å². The number of benzene rings is 1. The van der Waals surface area contributed by atoms with E-state index in [1.165, 1.54) is 19.2 Å². The molecule has 0 bridgehead atoms. The van der Waals surface area contributed by atoms with Crippen molar-refractivity contribution in [3.8, 4) is 11.5 Å². The second kappa shape index (κ2) is 8.70. The van der Waals surface area contributed by atoms with Gasteiger partial charge in [-0.05, 0) is 25.8 Å². The topological polar surface area (TPSA) is 108 Å². The number of methoxy groups -OCH3 is 1. The van der Waals surface area contributed by atoms with Gasteiger partial charge in [-0.25, -0.2) is 0 Å². The second-order valence-electron chi connectivity index (χ2n) is 5.35. The van der Waals surface area contributed by atoms with Crippen molar-refractivity contribution < 1.29 is 19.2 Å². The van der Waals surface area contributed by atoms with E-state index in [0.29, 0.717) is 32.0 Å². The number of hydrogen-bond donors (Lipinski definition) is 1. The first-order valence-corrected chi connectivity index (χ1v) is 7.50. The van der Waals surface area contributed by atoms with Gasteiger partial charge in [0, 0.05) is 19.2 Å². The fourth-order valence-electron chi connectivity index (χ4n) is 2.68. The predicted molar refractivity (Wildman–Crippen MR) is 91.1 cm³/mol. The number of nitrogens with zero attached hydrogens (tertiary/aromatic N) is 2. The molecule has 1 unspecified atom stereocenters. The lowest BCUT2D eigenvalue weighted by Gasteiger charge is -2.18. The van der Waals surface area contributed by atoms with Crippen LogP contribution >= 0.6 is 12.4 Å². The number of amides is 1. The molecule has 9 heteroatoms. The van der Waals surface area contributed by atoms with Crippen LogP contribution in [0.15, 0.2) is 12.1 Å². The number of nitrogens with two attached hydrogens (primary N) is 1. The SMILES string of the molecule is CCOc1cc(C(=O)N2CCC(CN)C2)c([N+](=O)[O-])cc1OC.Cl. The highest BCUT2D eigenvalue weighted by molar-refractivity contribution is 5.99. The smallest absolute Gasteiger partial charge is 0.286 e. The van der Waals surface area contributed by atoms with Crippen molar-refractivity contribution >= 4 is 24.0 Å². The van der Waals surface area contributed by atoms with Crippen LogP contribution in [0.5, 0.6) is 11.5 Å². The molecule has 0 saturated carbocycles. The van der Waals surface area contributed by atoms with Gasteiger partial charge in [-0.2, -0.15) is 0 Å². The molecule has 0 aromatic heterocycles. The molecule has 1 saturated heterocycles. The molecule has 1 aliphatic heterocycles. The highest BCUT2D eigenvalue weighted by atomic mass is 35.5. The average Bonchev–Trinajstić information content (AvgIpc) is 3.03. The summed E-state index contributed by atoms with van der Waals surface area (Å²) in [7, 11) is 1.40. The summed E-state index contributed by atoms with van der Waals surface area (Å²) in [6, 6.07) is 2.62. The largest absolute Gasteiger partial charge is 0.493 e. The molecule has 1 fully saturated rings. The number of ether oxygens (including phenoxy) is 2. The van der Waals surface area contributed by atoms with Crippen molar-refractivity contribution in [2.45, 2.75) is 13.3 Å². The molecular weight excluding hydrogens is 338 g/mol. The van der Waals surface area contributed by atoms with E-state index in [-0.39, 0.29) is 41.2 Å². The van der Waals surface area contributed by atoms with Crippen molar-refractivity contribution in [2.24, 2.45) is 11.7 Å². The summed E-state index contributed by atoms with van der Waals surface area (Å²) in [5, 5.41) is 11.3. The van der Waals surface area contributed by atoms with E-state index in [4.69, 9.17) is 15.2 Å². The Morgan fingerprint density at radius 3 is 2.67 bits per heavy atom. The number of hydrogen-bond acceptors (Lipinski definition) is 6. The number of halogens is 1. The molecule has 1 aromatic carbocycles. The van der Waals surface area contributed by atoms with Crippen LogP contribution in [-0.2, 0) is 0 Å². The highest BCUT2D eigenvalue weighted by Gasteiger charge is 2.31. The zero-order valence-electron chi connectivity index (χ0n) is 13.7. The maximum Gasteiger partial charge on any atom is 0.286 e. The summed E-state index contributed by atoms with van der Waals surface area (Å²) in [4.78, 5) is 25.0. The third-order valence-corrected chi connectivity index (χ3v) is 3.92. The van der Waals surface area contributed by atoms with Crippen LogP contribution in [0, 0.1) is 16.0 Å². The van der Waals surface area contributed by atoms with Crippen LogP contribution in [-0.4, -0.2) is 49.1 Å². The lowest BCUT2D eigenvalue weighted by molar-refractivity contribution is -0.385. The Hall–Kier alpha value is -2.06. The van der Waals surface area contributed by atoms with E-state index in [1.807, 2.05) is 0 Å². The van der Waals surface area contributed by atoms with Gasteiger partial charge in [0.15, 0.2) is 11.5 Å². The summed E-state index contributed by atoms with van der Waals surface area (Å²) in [5.41, 5.74) is 5.36. The summed E-state index contributed by atoms with van der Waals surface area (Å²) in [6.45, 7) is 3.71. The molecule has 1 aromatic rings. The maximum atomic E-state index is 12.7. The standard InChI is InChI=1S/C15H21N3O5.ClH/c1-3-23-14-6-11(12(18(20)21)7-13(14)22-2)15(19)17-5-4-10(8-16)9-17;/h6-7,10H,3-5,8-9,16H2,1-2H3;1H. The molecule has 0 spiro atoms. The van der Waals surface area contributed by atoms with Gasteiger partial charge in [0.05, 0.1) is 24.7 Å². The van der Waals surface area contributed by atoms with Gasteiger partial charge >= 0.3 is 0 Å². The van der Waals surface area contributed by atoms with Gasteiger partial charge < -0.3 is 20.1 Å². The molecular formula is C15H22ClN3O5. The van der Waals surface area contributed by atoms with Gasteiger partial charge in [-0.3, -0.25) is 14.9 Å². The molecule has 1 heterocycles. The lowest BCUT2D eigenvalue weighted by atomic mass is 10.1. The molecule has 1 aliphatic rings. The minimum Gasteiger partial charge on any atom is -0.493 e. The zero-order chi connectivity index (χ0) is 17.0. The van der Waals surface area contributed by atoms with E-state index in [1.54, 1.807) is 11.8 Å². The van der Waals surface area contributed by atoms with Gasteiger partial charge in [0.2, 0.25) is 0 Å². The Morgan fingerprint density at radius 1 is 1.46 bits per heavy atom. The predicted octanol–water partition coefficient (Wildman–Crippen LogP) is 1.84. The number of likely N-dealkylation sites (tertiary alicyclic amines) is 1. The van der Waals surface area contributed by atoms with Gasteiger partial charge in [-0.15, -0.1) is 12.4 Å². The van der Waals surface area contributed by atoms with Crippen molar-refractivity contribution in [3.63, 3.8) is 0 Å². The normalized spacial score (nSPS) is 16.5. The molecule has 1 amide bonds. The van der Waals surface area contributed by atoms with Crippen LogP contribution in [0.1, 0.15) is 23.7 Å². The van der Waals surface area contributed by atoms with Crippen LogP contribution in [0.4, 0.5) is 5.69 Å². The molecule has 0 aliphatic carbocycles. The third-order valence-electron chi connectivity index (χ3n) is 3.92. The van der Waals surface area contributed by atoms with E-state index in [9.17, 15) is 14.9 Å². The highest BCUT2D eigenvalue weighted by Crippen LogP contribution is 2.36. The first-order chi connectivity index (χ1) is 11.0. The maximum absolute atomic E-state index is 12.7. The van der Waals surface area contributed by atoms with Crippen molar-refractivity contribution in [3.05, 3.63) is 27.8 Å². The molecule has 8 nitrogen and oxygen atoms in total. The summed E-state index contributed by atoms with van der Waals surface area (Å²) in [6.07, 6.45) is 0.810. The molecule has 2 N–H and O–H groups in total. The second-order valence-corrected chi connectivity index (χ2v) is 5.35. The minimum absolute atomic E-state index is 0. The Kier molecular flexibility index (Phi) is 7.24. The fourth-order valence-corrected chi connectivity index (χ4v) is 2.68. The number of carbonyl (C=O) groups excluding carboxylic acids is 1. The van der Waals surface area contributed by atoms with Crippen LogP contribution in [0.25, 0.3) is 0 Å². The Bertz CT molecular complexity index is 611. The summed E-state index contributed by atoms with van der Waals surface area (Å²) in [5.74, 6) is 0.411. The first-order valence-electron chi connectivity index (χ1n) is 7.50. The lowest BCUT2D eigenvalue weighted by Crippen LogP contribution is -2.30. The number of carbonyl (C=O) groups is 1. The van der Waals surface area contributed by atoms with E-state index >= 15 is 0 Å². The van der Waals surface area contributed by atoms with E-state index in [2.05, 4.69) is 0 Å². The Labute approximate surface area is 146 Å². The number of rotatable bonds is 6. The van der Waals surface area contributed by atoms with Crippen molar-refractivity contribution in [2.75, 3.05) is 33.4 Å². The quantitative estimate of drug-likeness (QED) is 0.613.